The molecule has 2 N–H and O–H groups in total. The molecule has 2 atom stereocenters. The molecule has 2 rings (SSSR count). The van der Waals surface area contributed by atoms with Crippen LogP contribution in [-0.4, -0.2) is 30.9 Å². The van der Waals surface area contributed by atoms with E-state index in [0.717, 1.165) is 12.5 Å². The Balaban J connectivity index is 1.55. The van der Waals surface area contributed by atoms with Crippen LogP contribution < -0.4 is 5.32 Å². The van der Waals surface area contributed by atoms with E-state index in [1.165, 1.54) is 18.9 Å². The van der Waals surface area contributed by atoms with E-state index >= 15 is 0 Å². The fraction of sp³-hybridized carbons (Fsp3) is 0.625. The van der Waals surface area contributed by atoms with Crippen molar-refractivity contribution in [3.05, 3.63) is 35.6 Å². The summed E-state index contributed by atoms with van der Waals surface area (Å²) >= 11 is 0. The third-order valence-corrected chi connectivity index (χ3v) is 3.80. The molecule has 0 bridgehead atoms. The highest BCUT2D eigenvalue weighted by atomic mass is 19.1. The van der Waals surface area contributed by atoms with Gasteiger partial charge in [-0.2, -0.15) is 0 Å². The van der Waals surface area contributed by atoms with Crippen molar-refractivity contribution in [1.29, 1.82) is 0 Å². The van der Waals surface area contributed by atoms with Crippen molar-refractivity contribution in [2.24, 2.45) is 11.8 Å². The molecule has 0 saturated heterocycles. The van der Waals surface area contributed by atoms with Crippen molar-refractivity contribution in [2.75, 3.05) is 19.7 Å². The van der Waals surface area contributed by atoms with Gasteiger partial charge in [-0.05, 0) is 37.3 Å². The Kier molecular flexibility index (Phi) is 5.95. The molecule has 1 aromatic carbocycles. The normalized spacial score (nSPS) is 17.9. The molecule has 0 heterocycles. The number of benzene rings is 1. The van der Waals surface area contributed by atoms with Crippen molar-refractivity contribution in [3.8, 4) is 0 Å². The maximum atomic E-state index is 13.3. The zero-order chi connectivity index (χ0) is 14.4. The summed E-state index contributed by atoms with van der Waals surface area (Å²) < 4.78 is 18.7. The van der Waals surface area contributed by atoms with Gasteiger partial charge in [0.25, 0.3) is 0 Å². The molecule has 1 aliphatic rings. The largest absolute Gasteiger partial charge is 0.389 e. The summed E-state index contributed by atoms with van der Waals surface area (Å²) in [6.07, 6.45) is 2.14. The first-order valence-electron chi connectivity index (χ1n) is 7.36. The van der Waals surface area contributed by atoms with Crippen LogP contribution in [0.4, 0.5) is 4.39 Å². The summed E-state index contributed by atoms with van der Waals surface area (Å²) in [6, 6.07) is 6.53. The van der Waals surface area contributed by atoms with Crippen LogP contribution in [0.2, 0.25) is 0 Å². The summed E-state index contributed by atoms with van der Waals surface area (Å²) in [5.74, 6) is 1.29. The van der Waals surface area contributed by atoms with Crippen molar-refractivity contribution < 1.29 is 14.2 Å². The first-order chi connectivity index (χ1) is 9.66. The molecule has 0 radical (unpaired) electrons. The van der Waals surface area contributed by atoms with E-state index < -0.39 is 6.10 Å². The molecule has 2 unspecified atom stereocenters. The molecule has 4 heteroatoms. The minimum Gasteiger partial charge on any atom is -0.389 e. The van der Waals surface area contributed by atoms with Crippen LogP contribution in [0, 0.1) is 17.7 Å². The number of rotatable bonds is 9. The minimum atomic E-state index is -0.548. The van der Waals surface area contributed by atoms with Crippen molar-refractivity contribution in [1.82, 2.24) is 5.32 Å². The molecule has 3 nitrogen and oxygen atoms in total. The molecule has 1 fully saturated rings. The zero-order valence-electron chi connectivity index (χ0n) is 12.0. The highest BCUT2D eigenvalue weighted by Gasteiger charge is 2.27. The van der Waals surface area contributed by atoms with Crippen LogP contribution in [0.15, 0.2) is 24.3 Å². The van der Waals surface area contributed by atoms with Gasteiger partial charge in [0.2, 0.25) is 0 Å². The lowest BCUT2D eigenvalue weighted by Gasteiger charge is -2.15. The molecule has 1 saturated carbocycles. The maximum absolute atomic E-state index is 13.3. The lowest BCUT2D eigenvalue weighted by atomic mass is 10.1. The summed E-state index contributed by atoms with van der Waals surface area (Å²) in [7, 11) is 0. The number of hydrogen-bond donors (Lipinski definition) is 2. The number of hydrogen-bond acceptors (Lipinski definition) is 3. The molecular formula is C16H24FNO2. The number of aliphatic hydroxyl groups is 1. The van der Waals surface area contributed by atoms with Crippen molar-refractivity contribution in [2.45, 2.75) is 32.5 Å². The lowest BCUT2D eigenvalue weighted by molar-refractivity contribution is 0.0275. The molecule has 1 aromatic rings. The summed E-state index contributed by atoms with van der Waals surface area (Å²) in [5, 5.41) is 13.0. The molecule has 112 valence electrons. The minimum absolute atomic E-state index is 0.197. The van der Waals surface area contributed by atoms with Gasteiger partial charge in [0.15, 0.2) is 0 Å². The molecular weight excluding hydrogens is 257 g/mol. The monoisotopic (exact) mass is 281 g/mol. The van der Waals surface area contributed by atoms with Crippen LogP contribution in [0.25, 0.3) is 0 Å². The summed E-state index contributed by atoms with van der Waals surface area (Å²) in [6.45, 7) is 4.12. The summed E-state index contributed by atoms with van der Waals surface area (Å²) in [4.78, 5) is 0. The van der Waals surface area contributed by atoms with Crippen molar-refractivity contribution >= 4 is 0 Å². The average molecular weight is 281 g/mol. The fourth-order valence-corrected chi connectivity index (χ4v) is 2.29. The SMILES string of the molecule is CC(CNCC(O)COCc1ccccc1F)C1CC1. The highest BCUT2D eigenvalue weighted by Crippen LogP contribution is 2.35. The van der Waals surface area contributed by atoms with E-state index in [0.29, 0.717) is 18.0 Å². The molecule has 0 spiro atoms. The quantitative estimate of drug-likeness (QED) is 0.730. The average Bonchev–Trinajstić information content (AvgIpc) is 3.25. The summed E-state index contributed by atoms with van der Waals surface area (Å²) in [5.41, 5.74) is 0.523. The Morgan fingerprint density at radius 1 is 1.35 bits per heavy atom. The third-order valence-electron chi connectivity index (χ3n) is 3.80. The van der Waals surface area contributed by atoms with Crippen LogP contribution in [0.5, 0.6) is 0 Å². The molecule has 0 aromatic heterocycles. The van der Waals surface area contributed by atoms with Gasteiger partial charge in [-0.1, -0.05) is 25.1 Å². The second-order valence-corrected chi connectivity index (χ2v) is 5.73. The van der Waals surface area contributed by atoms with E-state index in [1.807, 2.05) is 0 Å². The van der Waals surface area contributed by atoms with Gasteiger partial charge in [-0.15, -0.1) is 0 Å². The van der Waals surface area contributed by atoms with Crippen LogP contribution in [0.1, 0.15) is 25.3 Å². The van der Waals surface area contributed by atoms with Gasteiger partial charge < -0.3 is 15.2 Å². The second kappa shape index (κ2) is 7.72. The van der Waals surface area contributed by atoms with Crippen LogP contribution >= 0.6 is 0 Å². The molecule has 20 heavy (non-hydrogen) atoms. The Morgan fingerprint density at radius 2 is 2.10 bits per heavy atom. The zero-order valence-corrected chi connectivity index (χ0v) is 12.0. The topological polar surface area (TPSA) is 41.5 Å². The molecule has 1 aliphatic carbocycles. The predicted octanol–water partition coefficient (Wildman–Crippen LogP) is 2.34. The Hall–Kier alpha value is -0.970. The molecule has 0 aliphatic heterocycles. The van der Waals surface area contributed by atoms with Crippen molar-refractivity contribution in [3.63, 3.8) is 0 Å². The van der Waals surface area contributed by atoms with E-state index in [2.05, 4.69) is 12.2 Å². The van der Waals surface area contributed by atoms with Gasteiger partial charge in [0, 0.05) is 12.1 Å². The number of halogens is 1. The van der Waals surface area contributed by atoms with Crippen LogP contribution in [-0.2, 0) is 11.3 Å². The van der Waals surface area contributed by atoms with E-state index in [4.69, 9.17) is 4.74 Å². The van der Waals surface area contributed by atoms with Gasteiger partial charge >= 0.3 is 0 Å². The fourth-order valence-electron chi connectivity index (χ4n) is 2.29. The predicted molar refractivity (Wildman–Crippen MR) is 76.8 cm³/mol. The van der Waals surface area contributed by atoms with E-state index in [9.17, 15) is 9.50 Å². The molecule has 0 amide bonds. The first-order valence-corrected chi connectivity index (χ1v) is 7.36. The lowest BCUT2D eigenvalue weighted by Crippen LogP contribution is -2.33. The second-order valence-electron chi connectivity index (χ2n) is 5.73. The number of ether oxygens (including phenoxy) is 1. The Morgan fingerprint density at radius 3 is 2.80 bits per heavy atom. The maximum Gasteiger partial charge on any atom is 0.128 e. The van der Waals surface area contributed by atoms with Gasteiger partial charge in [-0.25, -0.2) is 4.39 Å². The van der Waals surface area contributed by atoms with Gasteiger partial charge in [0.05, 0.1) is 19.3 Å². The third kappa shape index (κ3) is 5.19. The Bertz CT molecular complexity index is 409. The number of aliphatic hydroxyl groups excluding tert-OH is 1. The smallest absolute Gasteiger partial charge is 0.128 e. The standard InChI is InChI=1S/C16H24FNO2/c1-12(13-6-7-13)8-18-9-15(19)11-20-10-14-4-2-3-5-16(14)17/h2-5,12-13,15,18-19H,6-11H2,1H3. The number of nitrogens with one attached hydrogen (secondary N) is 1. The highest BCUT2D eigenvalue weighted by molar-refractivity contribution is 5.16. The van der Waals surface area contributed by atoms with E-state index in [1.54, 1.807) is 18.2 Å². The van der Waals surface area contributed by atoms with Gasteiger partial charge in [0.1, 0.15) is 5.82 Å². The first kappa shape index (κ1) is 15.4. The van der Waals surface area contributed by atoms with E-state index in [-0.39, 0.29) is 19.0 Å². The Labute approximate surface area is 120 Å². The van der Waals surface area contributed by atoms with Crippen LogP contribution in [0.3, 0.4) is 0 Å². The van der Waals surface area contributed by atoms with Gasteiger partial charge in [-0.3, -0.25) is 0 Å².